The predicted molar refractivity (Wildman–Crippen MR) is 79.6 cm³/mol. The molecule has 1 aromatic rings. The molecule has 0 aliphatic carbocycles. The molecule has 1 N–H and O–H groups in total. The Bertz CT molecular complexity index is 369. The molecule has 0 saturated heterocycles. The first-order chi connectivity index (χ1) is 7.83. The molecule has 1 aromatic carbocycles. The third kappa shape index (κ3) is 4.68. The standard InChI is InChI=1S/C14H23BrN2/c1-14(2,3)10-17(5)12-7-6-11(9-16-4)13(15)8-12/h6-8,16H,9-10H2,1-5H3. The molecule has 0 unspecified atom stereocenters. The lowest BCUT2D eigenvalue weighted by atomic mass is 9.96. The van der Waals surface area contributed by atoms with Crippen LogP contribution in [-0.4, -0.2) is 20.6 Å². The summed E-state index contributed by atoms with van der Waals surface area (Å²) in [6, 6.07) is 6.55. The van der Waals surface area contributed by atoms with Crippen LogP contribution in [0, 0.1) is 5.41 Å². The number of benzene rings is 1. The molecule has 0 spiro atoms. The first-order valence-electron chi connectivity index (χ1n) is 5.97. The van der Waals surface area contributed by atoms with Gasteiger partial charge in [-0.25, -0.2) is 0 Å². The zero-order chi connectivity index (χ0) is 13.1. The average molecular weight is 299 g/mol. The third-order valence-corrected chi connectivity index (χ3v) is 3.29. The Morgan fingerprint density at radius 3 is 2.41 bits per heavy atom. The van der Waals surface area contributed by atoms with Crippen molar-refractivity contribution in [1.29, 1.82) is 0 Å². The second-order valence-corrected chi connectivity index (χ2v) is 6.58. The van der Waals surface area contributed by atoms with E-state index in [9.17, 15) is 0 Å². The largest absolute Gasteiger partial charge is 0.374 e. The fourth-order valence-electron chi connectivity index (χ4n) is 1.91. The van der Waals surface area contributed by atoms with Crippen molar-refractivity contribution in [2.75, 3.05) is 25.5 Å². The highest BCUT2D eigenvalue weighted by atomic mass is 79.9. The highest BCUT2D eigenvalue weighted by molar-refractivity contribution is 9.10. The second-order valence-electron chi connectivity index (χ2n) is 5.72. The molecule has 0 bridgehead atoms. The number of hydrogen-bond acceptors (Lipinski definition) is 2. The van der Waals surface area contributed by atoms with Gasteiger partial charge in [-0.3, -0.25) is 0 Å². The van der Waals surface area contributed by atoms with Gasteiger partial charge in [0, 0.05) is 30.3 Å². The highest BCUT2D eigenvalue weighted by Crippen LogP contribution is 2.25. The molecule has 0 heterocycles. The van der Waals surface area contributed by atoms with E-state index in [1.165, 1.54) is 15.7 Å². The Morgan fingerprint density at radius 1 is 1.29 bits per heavy atom. The van der Waals surface area contributed by atoms with Crippen LogP contribution in [0.5, 0.6) is 0 Å². The first-order valence-corrected chi connectivity index (χ1v) is 6.77. The summed E-state index contributed by atoms with van der Waals surface area (Å²) in [5.74, 6) is 0. The van der Waals surface area contributed by atoms with Gasteiger partial charge in [0.15, 0.2) is 0 Å². The van der Waals surface area contributed by atoms with Gasteiger partial charge < -0.3 is 10.2 Å². The van der Waals surface area contributed by atoms with Gasteiger partial charge in [-0.15, -0.1) is 0 Å². The summed E-state index contributed by atoms with van der Waals surface area (Å²) in [5, 5.41) is 3.17. The second kappa shape index (κ2) is 5.87. The van der Waals surface area contributed by atoms with E-state index in [0.717, 1.165) is 13.1 Å². The van der Waals surface area contributed by atoms with Gasteiger partial charge in [0.2, 0.25) is 0 Å². The van der Waals surface area contributed by atoms with Crippen LogP contribution in [0.1, 0.15) is 26.3 Å². The minimum absolute atomic E-state index is 0.310. The molecule has 96 valence electrons. The summed E-state index contributed by atoms with van der Waals surface area (Å²) in [7, 11) is 4.11. The summed E-state index contributed by atoms with van der Waals surface area (Å²) < 4.78 is 1.17. The summed E-state index contributed by atoms with van der Waals surface area (Å²) in [4.78, 5) is 2.30. The van der Waals surface area contributed by atoms with Crippen molar-refractivity contribution in [3.8, 4) is 0 Å². The van der Waals surface area contributed by atoms with Gasteiger partial charge in [-0.2, -0.15) is 0 Å². The van der Waals surface area contributed by atoms with E-state index in [4.69, 9.17) is 0 Å². The molecule has 1 rings (SSSR count). The van der Waals surface area contributed by atoms with Gasteiger partial charge in [0.05, 0.1) is 0 Å². The minimum Gasteiger partial charge on any atom is -0.374 e. The van der Waals surface area contributed by atoms with Crippen LogP contribution in [0.25, 0.3) is 0 Å². The van der Waals surface area contributed by atoms with Crippen LogP contribution >= 0.6 is 15.9 Å². The van der Waals surface area contributed by atoms with Crippen molar-refractivity contribution in [2.45, 2.75) is 27.3 Å². The number of hydrogen-bond donors (Lipinski definition) is 1. The molecule has 0 aromatic heterocycles. The molecule has 17 heavy (non-hydrogen) atoms. The third-order valence-electron chi connectivity index (χ3n) is 2.56. The van der Waals surface area contributed by atoms with Crippen LogP contribution in [0.3, 0.4) is 0 Å². The highest BCUT2D eigenvalue weighted by Gasteiger charge is 2.14. The molecule has 0 saturated carbocycles. The van der Waals surface area contributed by atoms with Crippen molar-refractivity contribution in [2.24, 2.45) is 5.41 Å². The molecule has 0 aliphatic heterocycles. The lowest BCUT2D eigenvalue weighted by molar-refractivity contribution is 0.419. The lowest BCUT2D eigenvalue weighted by Crippen LogP contribution is -2.29. The topological polar surface area (TPSA) is 15.3 Å². The maximum atomic E-state index is 3.63. The van der Waals surface area contributed by atoms with Crippen LogP contribution < -0.4 is 10.2 Å². The predicted octanol–water partition coefficient (Wildman–Crippen LogP) is 3.65. The average Bonchev–Trinajstić information content (AvgIpc) is 2.18. The summed E-state index contributed by atoms with van der Waals surface area (Å²) in [6.45, 7) is 8.71. The Balaban J connectivity index is 2.82. The fraction of sp³-hybridized carbons (Fsp3) is 0.571. The van der Waals surface area contributed by atoms with Crippen molar-refractivity contribution < 1.29 is 0 Å². The van der Waals surface area contributed by atoms with E-state index in [1.54, 1.807) is 0 Å². The van der Waals surface area contributed by atoms with E-state index in [2.05, 4.69) is 72.2 Å². The van der Waals surface area contributed by atoms with Crippen molar-refractivity contribution in [3.63, 3.8) is 0 Å². The number of nitrogens with one attached hydrogen (secondary N) is 1. The Hall–Kier alpha value is -0.540. The molecule has 2 nitrogen and oxygen atoms in total. The van der Waals surface area contributed by atoms with Gasteiger partial charge in [-0.1, -0.05) is 42.8 Å². The lowest BCUT2D eigenvalue weighted by Gasteiger charge is -2.28. The molecule has 0 aliphatic rings. The first kappa shape index (κ1) is 14.5. The number of anilines is 1. The minimum atomic E-state index is 0.310. The van der Waals surface area contributed by atoms with E-state index in [1.807, 2.05) is 7.05 Å². The van der Waals surface area contributed by atoms with Gasteiger partial charge in [0.25, 0.3) is 0 Å². The molecule has 0 atom stereocenters. The van der Waals surface area contributed by atoms with Crippen molar-refractivity contribution in [1.82, 2.24) is 5.32 Å². The molecule has 0 radical (unpaired) electrons. The van der Waals surface area contributed by atoms with Gasteiger partial charge in [0.1, 0.15) is 0 Å². The smallest absolute Gasteiger partial charge is 0.0375 e. The zero-order valence-corrected chi connectivity index (χ0v) is 13.1. The van der Waals surface area contributed by atoms with E-state index in [0.29, 0.717) is 5.41 Å². The SMILES string of the molecule is CNCc1ccc(N(C)CC(C)(C)C)cc1Br. The van der Waals surface area contributed by atoms with Gasteiger partial charge >= 0.3 is 0 Å². The van der Waals surface area contributed by atoms with Crippen molar-refractivity contribution >= 4 is 21.6 Å². The van der Waals surface area contributed by atoms with Crippen LogP contribution in [-0.2, 0) is 6.54 Å². The number of rotatable bonds is 4. The maximum Gasteiger partial charge on any atom is 0.0375 e. The summed E-state index contributed by atoms with van der Waals surface area (Å²) in [5.41, 5.74) is 2.86. The molecule has 0 fully saturated rings. The molecular formula is C14H23BrN2. The Kier molecular flexibility index (Phi) is 5.02. The molecule has 3 heteroatoms. The monoisotopic (exact) mass is 298 g/mol. The van der Waals surface area contributed by atoms with Crippen LogP contribution in [0.2, 0.25) is 0 Å². The van der Waals surface area contributed by atoms with Crippen molar-refractivity contribution in [3.05, 3.63) is 28.2 Å². The Morgan fingerprint density at radius 2 is 1.94 bits per heavy atom. The van der Waals surface area contributed by atoms with E-state index < -0.39 is 0 Å². The quantitative estimate of drug-likeness (QED) is 0.913. The molecular weight excluding hydrogens is 276 g/mol. The number of nitrogens with zero attached hydrogens (tertiary/aromatic N) is 1. The summed E-state index contributed by atoms with van der Waals surface area (Å²) in [6.07, 6.45) is 0. The maximum absolute atomic E-state index is 3.63. The fourth-order valence-corrected chi connectivity index (χ4v) is 2.42. The normalized spacial score (nSPS) is 11.6. The number of halogens is 1. The zero-order valence-electron chi connectivity index (χ0n) is 11.5. The summed E-state index contributed by atoms with van der Waals surface area (Å²) >= 11 is 3.63. The van der Waals surface area contributed by atoms with Crippen LogP contribution in [0.4, 0.5) is 5.69 Å². The van der Waals surface area contributed by atoms with Crippen LogP contribution in [0.15, 0.2) is 22.7 Å². The van der Waals surface area contributed by atoms with Gasteiger partial charge in [-0.05, 0) is 30.2 Å². The van der Waals surface area contributed by atoms with E-state index in [-0.39, 0.29) is 0 Å². The molecule has 0 amide bonds. The Labute approximate surface area is 114 Å². The van der Waals surface area contributed by atoms with E-state index >= 15 is 0 Å².